The van der Waals surface area contributed by atoms with E-state index >= 15 is 0 Å². The van der Waals surface area contributed by atoms with Gasteiger partial charge in [-0.25, -0.2) is 0 Å². The highest BCUT2D eigenvalue weighted by molar-refractivity contribution is 5.85. The van der Waals surface area contributed by atoms with E-state index in [4.69, 9.17) is 5.73 Å². The molecular formula is C14H27N3O2. The summed E-state index contributed by atoms with van der Waals surface area (Å²) in [5.41, 5.74) is 5.57. The summed E-state index contributed by atoms with van der Waals surface area (Å²) < 4.78 is 0. The van der Waals surface area contributed by atoms with Gasteiger partial charge in [0.2, 0.25) is 11.8 Å². The van der Waals surface area contributed by atoms with Crippen molar-refractivity contribution >= 4 is 11.8 Å². The smallest absolute Gasteiger partial charge is 0.239 e. The summed E-state index contributed by atoms with van der Waals surface area (Å²) in [7, 11) is 0. The van der Waals surface area contributed by atoms with E-state index in [-0.39, 0.29) is 23.9 Å². The van der Waals surface area contributed by atoms with Gasteiger partial charge >= 0.3 is 0 Å². The average molecular weight is 269 g/mol. The van der Waals surface area contributed by atoms with Crippen LogP contribution < -0.4 is 16.4 Å². The monoisotopic (exact) mass is 269 g/mol. The van der Waals surface area contributed by atoms with E-state index in [1.54, 1.807) is 0 Å². The van der Waals surface area contributed by atoms with Gasteiger partial charge in [-0.3, -0.25) is 9.59 Å². The van der Waals surface area contributed by atoms with E-state index in [1.165, 1.54) is 0 Å². The molecule has 1 rings (SSSR count). The third-order valence-corrected chi connectivity index (χ3v) is 3.33. The minimum atomic E-state index is -0.263. The maximum atomic E-state index is 11.7. The van der Waals surface area contributed by atoms with Crippen LogP contribution in [0.3, 0.4) is 0 Å². The van der Waals surface area contributed by atoms with Crippen molar-refractivity contribution in [2.24, 2.45) is 11.7 Å². The van der Waals surface area contributed by atoms with Gasteiger partial charge in [0.1, 0.15) is 0 Å². The SMILES string of the molecule is CC(C)(C)NC(=O)CNC(=O)CC1CCC(N)CC1. The molecule has 1 aliphatic rings. The number of carbonyl (C=O) groups excluding carboxylic acids is 2. The second-order valence-corrected chi connectivity index (χ2v) is 6.56. The van der Waals surface area contributed by atoms with Crippen molar-refractivity contribution in [3.63, 3.8) is 0 Å². The summed E-state index contributed by atoms with van der Waals surface area (Å²) in [6.07, 6.45) is 4.55. The van der Waals surface area contributed by atoms with E-state index in [9.17, 15) is 9.59 Å². The fraction of sp³-hybridized carbons (Fsp3) is 0.857. The van der Waals surface area contributed by atoms with E-state index in [1.807, 2.05) is 20.8 Å². The number of rotatable bonds is 4. The fourth-order valence-electron chi connectivity index (χ4n) is 2.37. The number of carbonyl (C=O) groups is 2. The lowest BCUT2D eigenvalue weighted by molar-refractivity contribution is -0.127. The van der Waals surface area contributed by atoms with Crippen molar-refractivity contribution in [2.75, 3.05) is 6.54 Å². The van der Waals surface area contributed by atoms with Crippen LogP contribution in [0.4, 0.5) is 0 Å². The third kappa shape index (κ3) is 7.15. The Morgan fingerprint density at radius 1 is 1.11 bits per heavy atom. The van der Waals surface area contributed by atoms with Crippen LogP contribution >= 0.6 is 0 Å². The summed E-state index contributed by atoms with van der Waals surface area (Å²) in [6, 6.07) is 0.303. The van der Waals surface area contributed by atoms with Gasteiger partial charge in [0.05, 0.1) is 6.54 Å². The molecule has 0 aromatic rings. The Morgan fingerprint density at radius 2 is 1.68 bits per heavy atom. The molecule has 4 N–H and O–H groups in total. The Labute approximate surface area is 115 Å². The largest absolute Gasteiger partial charge is 0.350 e. The molecule has 0 spiro atoms. The molecule has 2 amide bonds. The van der Waals surface area contributed by atoms with Crippen molar-refractivity contribution in [2.45, 2.75) is 64.5 Å². The first-order valence-corrected chi connectivity index (χ1v) is 7.09. The molecule has 1 saturated carbocycles. The molecule has 110 valence electrons. The Hall–Kier alpha value is -1.10. The molecule has 0 saturated heterocycles. The van der Waals surface area contributed by atoms with Crippen LogP contribution in [0, 0.1) is 5.92 Å². The molecule has 0 aliphatic heterocycles. The molecule has 0 unspecified atom stereocenters. The normalized spacial score (nSPS) is 23.8. The molecule has 0 aromatic carbocycles. The standard InChI is InChI=1S/C14H27N3O2/c1-14(2,3)17-13(19)9-16-12(18)8-10-4-6-11(15)7-5-10/h10-11H,4-9,15H2,1-3H3,(H,16,18)(H,17,19). The molecule has 19 heavy (non-hydrogen) atoms. The van der Waals surface area contributed by atoms with Crippen molar-refractivity contribution < 1.29 is 9.59 Å². The third-order valence-electron chi connectivity index (χ3n) is 3.33. The van der Waals surface area contributed by atoms with Crippen LogP contribution in [0.5, 0.6) is 0 Å². The minimum Gasteiger partial charge on any atom is -0.350 e. The van der Waals surface area contributed by atoms with Gasteiger partial charge in [-0.15, -0.1) is 0 Å². The maximum absolute atomic E-state index is 11.7. The van der Waals surface area contributed by atoms with Crippen LogP contribution in [0.15, 0.2) is 0 Å². The van der Waals surface area contributed by atoms with Gasteiger partial charge in [0.25, 0.3) is 0 Å². The lowest BCUT2D eigenvalue weighted by Gasteiger charge is -2.25. The van der Waals surface area contributed by atoms with Gasteiger partial charge in [0.15, 0.2) is 0 Å². The van der Waals surface area contributed by atoms with Gasteiger partial charge in [-0.05, 0) is 52.4 Å². The Morgan fingerprint density at radius 3 is 2.21 bits per heavy atom. The van der Waals surface area contributed by atoms with Crippen molar-refractivity contribution in [3.05, 3.63) is 0 Å². The predicted octanol–water partition coefficient (Wildman–Crippen LogP) is 0.925. The molecule has 0 aromatic heterocycles. The summed E-state index contributed by atoms with van der Waals surface area (Å²) >= 11 is 0. The van der Waals surface area contributed by atoms with Crippen LogP contribution in [0.2, 0.25) is 0 Å². The quantitative estimate of drug-likeness (QED) is 0.709. The Kier molecular flexibility index (Phi) is 5.79. The van der Waals surface area contributed by atoms with E-state index in [0.29, 0.717) is 18.4 Å². The van der Waals surface area contributed by atoms with Crippen LogP contribution in [-0.2, 0) is 9.59 Å². The van der Waals surface area contributed by atoms with Crippen molar-refractivity contribution in [3.8, 4) is 0 Å². The van der Waals surface area contributed by atoms with Gasteiger partial charge in [-0.2, -0.15) is 0 Å². The summed E-state index contributed by atoms with van der Waals surface area (Å²) in [6.45, 7) is 5.80. The van der Waals surface area contributed by atoms with Gasteiger partial charge in [0, 0.05) is 18.0 Å². The maximum Gasteiger partial charge on any atom is 0.239 e. The molecular weight excluding hydrogens is 242 g/mol. The zero-order valence-corrected chi connectivity index (χ0v) is 12.3. The first-order valence-electron chi connectivity index (χ1n) is 7.09. The van der Waals surface area contributed by atoms with Crippen LogP contribution in [-0.4, -0.2) is 29.9 Å². The molecule has 0 bridgehead atoms. The summed E-state index contributed by atoms with van der Waals surface area (Å²) in [5, 5.41) is 5.50. The van der Waals surface area contributed by atoms with Crippen molar-refractivity contribution in [1.29, 1.82) is 0 Å². The minimum absolute atomic E-state index is 0.0375. The van der Waals surface area contributed by atoms with Gasteiger partial charge in [-0.1, -0.05) is 0 Å². The van der Waals surface area contributed by atoms with E-state index in [0.717, 1.165) is 25.7 Å². The second kappa shape index (κ2) is 6.89. The Bertz CT molecular complexity index is 315. The highest BCUT2D eigenvalue weighted by Crippen LogP contribution is 2.25. The van der Waals surface area contributed by atoms with Gasteiger partial charge < -0.3 is 16.4 Å². The lowest BCUT2D eigenvalue weighted by Crippen LogP contribution is -2.46. The summed E-state index contributed by atoms with van der Waals surface area (Å²) in [4.78, 5) is 23.3. The molecule has 0 atom stereocenters. The zero-order valence-electron chi connectivity index (χ0n) is 12.3. The molecule has 5 nitrogen and oxygen atoms in total. The first-order chi connectivity index (χ1) is 8.76. The number of nitrogens with two attached hydrogens (primary N) is 1. The topological polar surface area (TPSA) is 84.2 Å². The van der Waals surface area contributed by atoms with Crippen LogP contribution in [0.1, 0.15) is 52.9 Å². The fourth-order valence-corrected chi connectivity index (χ4v) is 2.37. The highest BCUT2D eigenvalue weighted by atomic mass is 16.2. The lowest BCUT2D eigenvalue weighted by atomic mass is 9.84. The molecule has 1 aliphatic carbocycles. The average Bonchev–Trinajstić information content (AvgIpc) is 2.27. The number of amides is 2. The van der Waals surface area contributed by atoms with E-state index < -0.39 is 0 Å². The molecule has 1 fully saturated rings. The number of hydrogen-bond donors (Lipinski definition) is 3. The number of hydrogen-bond acceptors (Lipinski definition) is 3. The Balaban J connectivity index is 2.19. The molecule has 5 heteroatoms. The molecule has 0 heterocycles. The predicted molar refractivity (Wildman–Crippen MR) is 75.5 cm³/mol. The summed E-state index contributed by atoms with van der Waals surface area (Å²) in [5.74, 6) is 0.238. The van der Waals surface area contributed by atoms with Crippen LogP contribution in [0.25, 0.3) is 0 Å². The van der Waals surface area contributed by atoms with Crippen molar-refractivity contribution in [1.82, 2.24) is 10.6 Å². The molecule has 0 radical (unpaired) electrons. The zero-order chi connectivity index (χ0) is 14.5. The first kappa shape index (κ1) is 16.0. The second-order valence-electron chi connectivity index (χ2n) is 6.56. The number of nitrogens with one attached hydrogen (secondary N) is 2. The highest BCUT2D eigenvalue weighted by Gasteiger charge is 2.21. The van der Waals surface area contributed by atoms with E-state index in [2.05, 4.69) is 10.6 Å².